The highest BCUT2D eigenvalue weighted by atomic mass is 16.2. The molecule has 1 aliphatic rings. The van der Waals surface area contributed by atoms with Gasteiger partial charge in [0.2, 0.25) is 5.91 Å². The van der Waals surface area contributed by atoms with Gasteiger partial charge in [0, 0.05) is 19.0 Å². The fourth-order valence-electron chi connectivity index (χ4n) is 4.17. The maximum atomic E-state index is 13.1. The lowest BCUT2D eigenvalue weighted by Gasteiger charge is -2.33. The summed E-state index contributed by atoms with van der Waals surface area (Å²) >= 11 is 0. The topological polar surface area (TPSA) is 106 Å². The van der Waals surface area contributed by atoms with E-state index in [0.29, 0.717) is 37.3 Å². The summed E-state index contributed by atoms with van der Waals surface area (Å²) in [6, 6.07) is 13.7. The average molecular weight is 433 g/mol. The molecule has 1 aromatic heterocycles. The monoisotopic (exact) mass is 432 g/mol. The predicted octanol–water partition coefficient (Wildman–Crippen LogP) is 3.15. The minimum atomic E-state index is -0.307. The van der Waals surface area contributed by atoms with Gasteiger partial charge in [-0.25, -0.2) is 0 Å². The highest BCUT2D eigenvalue weighted by molar-refractivity contribution is 6.05. The Bertz CT molecular complexity index is 1160. The van der Waals surface area contributed by atoms with E-state index in [4.69, 9.17) is 5.73 Å². The number of primary amides is 1. The third-order valence-electron chi connectivity index (χ3n) is 5.96. The molecule has 2 aromatic carbocycles. The zero-order valence-corrected chi connectivity index (χ0v) is 18.6. The van der Waals surface area contributed by atoms with Crippen molar-refractivity contribution in [3.05, 3.63) is 65.0 Å². The first-order valence-electron chi connectivity index (χ1n) is 10.8. The van der Waals surface area contributed by atoms with Crippen molar-refractivity contribution in [2.24, 2.45) is 11.7 Å². The number of anilines is 2. The van der Waals surface area contributed by atoms with E-state index in [0.717, 1.165) is 22.5 Å². The second-order valence-electron chi connectivity index (χ2n) is 8.35. The molecule has 8 heteroatoms. The maximum Gasteiger partial charge on any atom is 0.278 e. The molecule has 0 spiro atoms. The van der Waals surface area contributed by atoms with Gasteiger partial charge in [-0.2, -0.15) is 9.90 Å². The Hall–Kier alpha value is -3.68. The SMILES string of the molecule is Cc1ccc(-n2nc(C)c(C(=O)Nc3ccccc3N3CCC(C(N)=O)CC3)n2)c(C)c1. The van der Waals surface area contributed by atoms with Gasteiger partial charge in [-0.1, -0.05) is 29.8 Å². The van der Waals surface area contributed by atoms with E-state index < -0.39 is 0 Å². The summed E-state index contributed by atoms with van der Waals surface area (Å²) in [4.78, 5) is 28.2. The molecule has 166 valence electrons. The van der Waals surface area contributed by atoms with Crippen molar-refractivity contribution in [3.63, 3.8) is 0 Å². The number of carbonyl (C=O) groups is 2. The van der Waals surface area contributed by atoms with E-state index in [9.17, 15) is 9.59 Å². The Labute approximate surface area is 187 Å². The van der Waals surface area contributed by atoms with Gasteiger partial charge in [0.05, 0.1) is 22.8 Å². The summed E-state index contributed by atoms with van der Waals surface area (Å²) in [5, 5.41) is 11.9. The van der Waals surface area contributed by atoms with E-state index in [1.54, 1.807) is 6.92 Å². The molecule has 2 heterocycles. The number of aryl methyl sites for hydroxylation is 3. The van der Waals surface area contributed by atoms with Crippen molar-refractivity contribution in [1.82, 2.24) is 15.0 Å². The Morgan fingerprint density at radius 3 is 2.41 bits per heavy atom. The zero-order chi connectivity index (χ0) is 22.8. The molecule has 2 amide bonds. The van der Waals surface area contributed by atoms with E-state index in [1.807, 2.05) is 50.2 Å². The molecular formula is C24H28N6O2. The van der Waals surface area contributed by atoms with Crippen LogP contribution in [0.2, 0.25) is 0 Å². The molecule has 1 aliphatic heterocycles. The molecule has 0 aliphatic carbocycles. The number of aromatic nitrogens is 3. The van der Waals surface area contributed by atoms with Crippen LogP contribution < -0.4 is 16.0 Å². The van der Waals surface area contributed by atoms with Crippen LogP contribution in [0.15, 0.2) is 42.5 Å². The zero-order valence-electron chi connectivity index (χ0n) is 18.6. The van der Waals surface area contributed by atoms with Crippen molar-refractivity contribution < 1.29 is 9.59 Å². The fraction of sp³-hybridized carbons (Fsp3) is 0.333. The smallest absolute Gasteiger partial charge is 0.278 e. The van der Waals surface area contributed by atoms with Crippen molar-refractivity contribution in [2.45, 2.75) is 33.6 Å². The number of para-hydroxylation sites is 2. The number of hydrogen-bond acceptors (Lipinski definition) is 5. The Kier molecular flexibility index (Phi) is 5.94. The largest absolute Gasteiger partial charge is 0.370 e. The molecule has 1 saturated heterocycles. The van der Waals surface area contributed by atoms with Gasteiger partial charge in [0.1, 0.15) is 0 Å². The van der Waals surface area contributed by atoms with Crippen LogP contribution in [-0.4, -0.2) is 39.9 Å². The molecule has 1 fully saturated rings. The van der Waals surface area contributed by atoms with Gasteiger partial charge in [-0.05, 0) is 57.4 Å². The lowest BCUT2D eigenvalue weighted by molar-refractivity contribution is -0.122. The Morgan fingerprint density at radius 2 is 1.72 bits per heavy atom. The van der Waals surface area contributed by atoms with Crippen LogP contribution >= 0.6 is 0 Å². The third kappa shape index (κ3) is 4.34. The van der Waals surface area contributed by atoms with E-state index in [2.05, 4.69) is 26.5 Å². The van der Waals surface area contributed by atoms with Gasteiger partial charge in [-0.3, -0.25) is 9.59 Å². The number of benzene rings is 2. The first-order chi connectivity index (χ1) is 15.3. The molecule has 0 bridgehead atoms. The second-order valence-corrected chi connectivity index (χ2v) is 8.35. The normalized spacial score (nSPS) is 14.4. The number of amides is 2. The first-order valence-corrected chi connectivity index (χ1v) is 10.8. The molecule has 8 nitrogen and oxygen atoms in total. The molecular weight excluding hydrogens is 404 g/mol. The highest BCUT2D eigenvalue weighted by Crippen LogP contribution is 2.30. The van der Waals surface area contributed by atoms with Crippen molar-refractivity contribution in [3.8, 4) is 5.69 Å². The molecule has 4 rings (SSSR count). The van der Waals surface area contributed by atoms with Crippen LogP contribution in [0.4, 0.5) is 11.4 Å². The van der Waals surface area contributed by atoms with Crippen LogP contribution in [0.25, 0.3) is 5.69 Å². The Morgan fingerprint density at radius 1 is 1.00 bits per heavy atom. The van der Waals surface area contributed by atoms with E-state index in [1.165, 1.54) is 4.80 Å². The number of nitrogens with zero attached hydrogens (tertiary/aromatic N) is 4. The van der Waals surface area contributed by atoms with E-state index >= 15 is 0 Å². The molecule has 0 radical (unpaired) electrons. The first kappa shape index (κ1) is 21.5. The summed E-state index contributed by atoms with van der Waals surface area (Å²) in [6.45, 7) is 7.23. The van der Waals surface area contributed by atoms with Gasteiger partial charge in [0.25, 0.3) is 5.91 Å². The number of nitrogens with one attached hydrogen (secondary N) is 1. The molecule has 0 unspecified atom stereocenters. The second kappa shape index (κ2) is 8.82. The Balaban J connectivity index is 1.54. The fourth-order valence-corrected chi connectivity index (χ4v) is 4.17. The summed E-state index contributed by atoms with van der Waals surface area (Å²) in [5.74, 6) is -0.637. The minimum absolute atomic E-state index is 0.0871. The minimum Gasteiger partial charge on any atom is -0.370 e. The molecule has 0 atom stereocenters. The number of nitrogens with two attached hydrogens (primary N) is 1. The van der Waals surface area contributed by atoms with Crippen LogP contribution in [0.3, 0.4) is 0 Å². The van der Waals surface area contributed by atoms with Crippen LogP contribution in [0.5, 0.6) is 0 Å². The molecule has 32 heavy (non-hydrogen) atoms. The molecule has 3 N–H and O–H groups in total. The summed E-state index contributed by atoms with van der Waals surface area (Å²) < 4.78 is 0. The lowest BCUT2D eigenvalue weighted by Crippen LogP contribution is -2.38. The predicted molar refractivity (Wildman–Crippen MR) is 124 cm³/mol. The van der Waals surface area contributed by atoms with Crippen molar-refractivity contribution >= 4 is 23.2 Å². The van der Waals surface area contributed by atoms with Crippen molar-refractivity contribution in [2.75, 3.05) is 23.3 Å². The van der Waals surface area contributed by atoms with Crippen molar-refractivity contribution in [1.29, 1.82) is 0 Å². The summed E-state index contributed by atoms with van der Waals surface area (Å²) in [5.41, 5.74) is 11.0. The number of piperidine rings is 1. The number of hydrogen-bond donors (Lipinski definition) is 2. The number of rotatable bonds is 5. The molecule has 3 aromatic rings. The van der Waals surface area contributed by atoms with Gasteiger partial charge < -0.3 is 16.0 Å². The van der Waals surface area contributed by atoms with Gasteiger partial charge >= 0.3 is 0 Å². The van der Waals surface area contributed by atoms with E-state index in [-0.39, 0.29) is 23.4 Å². The summed E-state index contributed by atoms with van der Waals surface area (Å²) in [6.07, 6.45) is 1.42. The standard InChI is InChI=1S/C24H28N6O2/c1-15-8-9-20(16(2)14-15)30-27-17(3)22(28-30)24(32)26-19-6-4-5-7-21(19)29-12-10-18(11-13-29)23(25)31/h4-9,14,18H,10-13H2,1-3H3,(H2,25,31)(H,26,32). The highest BCUT2D eigenvalue weighted by Gasteiger charge is 2.25. The van der Waals surface area contributed by atoms with Crippen LogP contribution in [0.1, 0.15) is 40.2 Å². The maximum absolute atomic E-state index is 13.1. The quantitative estimate of drug-likeness (QED) is 0.644. The van der Waals surface area contributed by atoms with Crippen LogP contribution in [-0.2, 0) is 4.79 Å². The van der Waals surface area contributed by atoms with Crippen LogP contribution in [0, 0.1) is 26.7 Å². The summed E-state index contributed by atoms with van der Waals surface area (Å²) in [7, 11) is 0. The molecule has 0 saturated carbocycles. The lowest BCUT2D eigenvalue weighted by atomic mass is 9.96. The van der Waals surface area contributed by atoms with Gasteiger partial charge in [0.15, 0.2) is 5.69 Å². The van der Waals surface area contributed by atoms with Gasteiger partial charge in [-0.15, -0.1) is 5.10 Å². The third-order valence-corrected chi connectivity index (χ3v) is 5.96. The number of carbonyl (C=O) groups excluding carboxylic acids is 2. The average Bonchev–Trinajstić information content (AvgIpc) is 3.15.